The number of allylic oxidation sites excluding steroid dienone is 4. The average molecular weight is 370 g/mol. The van der Waals surface area contributed by atoms with E-state index >= 15 is 0 Å². The van der Waals surface area contributed by atoms with Gasteiger partial charge in [-0.15, -0.1) is 11.8 Å². The Hall–Kier alpha value is -0.773. The molecule has 4 rings (SSSR count). The third-order valence-electron chi connectivity index (χ3n) is 6.09. The highest BCUT2D eigenvalue weighted by Gasteiger charge is 2.58. The standard InChI is InChI=1S/C22H31NSSi/c1-14-11-12-15-17(13-14)19-16-9-7-8-10-18(16)24-20(19)21(15)25(5,6)23-22(2,3)4/h7-13,15,17,19-21,23H,1-6H3/t15-,17?,19?,20+,21?/m1/s1. The molecule has 134 valence electrons. The molecular weight excluding hydrogens is 338 g/mol. The highest BCUT2D eigenvalue weighted by molar-refractivity contribution is 8.00. The van der Waals surface area contributed by atoms with E-state index in [1.165, 1.54) is 10.5 Å². The monoisotopic (exact) mass is 369 g/mol. The summed E-state index contributed by atoms with van der Waals surface area (Å²) in [5.74, 6) is 2.05. The van der Waals surface area contributed by atoms with Gasteiger partial charge in [0.1, 0.15) is 8.24 Å². The van der Waals surface area contributed by atoms with Crippen molar-refractivity contribution in [1.82, 2.24) is 4.98 Å². The van der Waals surface area contributed by atoms with E-state index in [9.17, 15) is 0 Å². The Labute approximate surface area is 158 Å². The van der Waals surface area contributed by atoms with Crippen LogP contribution in [0.4, 0.5) is 0 Å². The Morgan fingerprint density at radius 2 is 1.80 bits per heavy atom. The second-order valence-corrected chi connectivity index (χ2v) is 15.3. The van der Waals surface area contributed by atoms with Crippen molar-refractivity contribution >= 4 is 20.0 Å². The molecule has 1 nitrogen and oxygen atoms in total. The van der Waals surface area contributed by atoms with Crippen LogP contribution in [0, 0.1) is 11.8 Å². The molecule has 0 spiro atoms. The Balaban J connectivity index is 1.78. The van der Waals surface area contributed by atoms with Gasteiger partial charge in [0, 0.05) is 21.6 Å². The molecule has 1 N–H and O–H groups in total. The lowest BCUT2D eigenvalue weighted by atomic mass is 9.81. The second-order valence-electron chi connectivity index (χ2n) is 9.69. The summed E-state index contributed by atoms with van der Waals surface area (Å²) in [6.07, 6.45) is 7.49. The molecular formula is C22H31NSSi. The quantitative estimate of drug-likeness (QED) is 0.645. The zero-order valence-electron chi connectivity index (χ0n) is 16.3. The molecule has 1 saturated carbocycles. The fourth-order valence-corrected chi connectivity index (χ4v) is 12.9. The molecule has 2 aliphatic carbocycles. The zero-order valence-corrected chi connectivity index (χ0v) is 18.2. The molecule has 1 heterocycles. The molecule has 1 aromatic carbocycles. The average Bonchev–Trinajstić information content (AvgIpc) is 2.98. The van der Waals surface area contributed by atoms with E-state index in [2.05, 4.69) is 100 Å². The van der Waals surface area contributed by atoms with E-state index in [0.717, 1.165) is 10.8 Å². The van der Waals surface area contributed by atoms with E-state index in [1.807, 2.05) is 0 Å². The number of thioether (sulfide) groups is 1. The summed E-state index contributed by atoms with van der Waals surface area (Å²) in [4.78, 5) is 5.62. The molecule has 0 bridgehead atoms. The number of rotatable bonds is 2. The normalized spacial score (nSPS) is 33.7. The molecule has 0 amide bonds. The highest BCUT2D eigenvalue weighted by Crippen LogP contribution is 2.65. The topological polar surface area (TPSA) is 12.0 Å². The van der Waals surface area contributed by atoms with Gasteiger partial charge in [0.05, 0.1) is 0 Å². The second kappa shape index (κ2) is 5.87. The maximum Gasteiger partial charge on any atom is 0.124 e. The number of fused-ring (bicyclic) bond motifs is 5. The minimum atomic E-state index is -1.61. The van der Waals surface area contributed by atoms with Crippen LogP contribution in [-0.2, 0) is 0 Å². The van der Waals surface area contributed by atoms with Crippen molar-refractivity contribution in [3.63, 3.8) is 0 Å². The molecule has 3 unspecified atom stereocenters. The molecule has 1 aromatic rings. The first-order valence-electron chi connectivity index (χ1n) is 9.59. The maximum absolute atomic E-state index is 4.09. The first-order valence-corrected chi connectivity index (χ1v) is 13.5. The Kier molecular flexibility index (Phi) is 4.14. The zero-order chi connectivity index (χ0) is 18.0. The summed E-state index contributed by atoms with van der Waals surface area (Å²) < 4.78 is 0. The fourth-order valence-electron chi connectivity index (χ4n) is 5.71. The van der Waals surface area contributed by atoms with E-state index in [1.54, 1.807) is 5.56 Å². The SMILES string of the molecule is CC1=CC2C3c4ccccc4S[C@@H]3C([Si](C)(C)NC(C)(C)C)[C@@H]2C=C1. The van der Waals surface area contributed by atoms with E-state index in [-0.39, 0.29) is 5.54 Å². The number of hydrogen-bond donors (Lipinski definition) is 1. The van der Waals surface area contributed by atoms with Gasteiger partial charge in [0.25, 0.3) is 0 Å². The Morgan fingerprint density at radius 1 is 1.08 bits per heavy atom. The van der Waals surface area contributed by atoms with Crippen LogP contribution in [0.15, 0.2) is 53.0 Å². The van der Waals surface area contributed by atoms with Gasteiger partial charge in [-0.2, -0.15) is 0 Å². The fraction of sp³-hybridized carbons (Fsp3) is 0.545. The molecule has 0 saturated heterocycles. The van der Waals surface area contributed by atoms with Crippen molar-refractivity contribution < 1.29 is 0 Å². The van der Waals surface area contributed by atoms with Gasteiger partial charge in [-0.05, 0) is 56.7 Å². The summed E-state index contributed by atoms with van der Waals surface area (Å²) >= 11 is 2.17. The Morgan fingerprint density at radius 3 is 2.52 bits per heavy atom. The smallest absolute Gasteiger partial charge is 0.124 e. The molecule has 3 aliphatic rings. The van der Waals surface area contributed by atoms with Crippen LogP contribution in [0.25, 0.3) is 0 Å². The third kappa shape index (κ3) is 2.98. The number of nitrogens with one attached hydrogen (secondary N) is 1. The molecule has 0 radical (unpaired) electrons. The minimum absolute atomic E-state index is 0.184. The van der Waals surface area contributed by atoms with Gasteiger partial charge < -0.3 is 4.98 Å². The van der Waals surface area contributed by atoms with Crippen LogP contribution in [0.3, 0.4) is 0 Å². The highest BCUT2D eigenvalue weighted by atomic mass is 32.2. The first-order chi connectivity index (χ1) is 11.7. The van der Waals surface area contributed by atoms with Gasteiger partial charge in [-0.3, -0.25) is 0 Å². The lowest BCUT2D eigenvalue weighted by Gasteiger charge is -2.42. The van der Waals surface area contributed by atoms with Crippen LogP contribution in [-0.4, -0.2) is 19.0 Å². The van der Waals surface area contributed by atoms with Crippen LogP contribution in [0.2, 0.25) is 18.6 Å². The van der Waals surface area contributed by atoms with Gasteiger partial charge in [-0.1, -0.05) is 55.1 Å². The minimum Gasteiger partial charge on any atom is -0.332 e. The summed E-state index contributed by atoms with van der Waals surface area (Å²) in [6.45, 7) is 14.4. The van der Waals surface area contributed by atoms with Gasteiger partial charge in [-0.25, -0.2) is 0 Å². The third-order valence-corrected chi connectivity index (χ3v) is 11.6. The van der Waals surface area contributed by atoms with Crippen molar-refractivity contribution in [2.45, 2.75) is 67.9 Å². The van der Waals surface area contributed by atoms with Crippen LogP contribution in [0.1, 0.15) is 39.2 Å². The largest absolute Gasteiger partial charge is 0.332 e. The summed E-state index contributed by atoms with van der Waals surface area (Å²) in [5, 5.41) is 0.718. The van der Waals surface area contributed by atoms with Crippen molar-refractivity contribution in [3.05, 3.63) is 53.6 Å². The predicted molar refractivity (Wildman–Crippen MR) is 113 cm³/mol. The van der Waals surface area contributed by atoms with Gasteiger partial charge >= 0.3 is 0 Å². The van der Waals surface area contributed by atoms with Gasteiger partial charge in [0.15, 0.2) is 0 Å². The summed E-state index contributed by atoms with van der Waals surface area (Å²) in [7, 11) is -1.61. The summed E-state index contributed by atoms with van der Waals surface area (Å²) in [5.41, 5.74) is 4.00. The van der Waals surface area contributed by atoms with Crippen molar-refractivity contribution in [2.75, 3.05) is 0 Å². The van der Waals surface area contributed by atoms with Crippen LogP contribution >= 0.6 is 11.8 Å². The van der Waals surface area contributed by atoms with Crippen LogP contribution in [0.5, 0.6) is 0 Å². The van der Waals surface area contributed by atoms with E-state index < -0.39 is 8.24 Å². The van der Waals surface area contributed by atoms with Crippen LogP contribution < -0.4 is 4.98 Å². The summed E-state index contributed by atoms with van der Waals surface area (Å²) in [6, 6.07) is 9.16. The maximum atomic E-state index is 4.09. The molecule has 1 fully saturated rings. The number of hydrogen-bond acceptors (Lipinski definition) is 2. The van der Waals surface area contributed by atoms with E-state index in [4.69, 9.17) is 0 Å². The van der Waals surface area contributed by atoms with Gasteiger partial charge in [0.2, 0.25) is 0 Å². The van der Waals surface area contributed by atoms with Crippen molar-refractivity contribution in [2.24, 2.45) is 11.8 Å². The number of benzene rings is 1. The molecule has 25 heavy (non-hydrogen) atoms. The molecule has 3 heteroatoms. The van der Waals surface area contributed by atoms with Crippen molar-refractivity contribution in [3.8, 4) is 0 Å². The molecule has 0 aromatic heterocycles. The Bertz CT molecular complexity index is 743. The predicted octanol–water partition coefficient (Wildman–Crippen LogP) is 5.97. The van der Waals surface area contributed by atoms with E-state index in [0.29, 0.717) is 17.8 Å². The lowest BCUT2D eigenvalue weighted by Crippen LogP contribution is -2.59. The van der Waals surface area contributed by atoms with Crippen molar-refractivity contribution in [1.29, 1.82) is 0 Å². The molecule has 5 atom stereocenters. The first kappa shape index (κ1) is 17.6. The molecule has 1 aliphatic heterocycles. The lowest BCUT2D eigenvalue weighted by molar-refractivity contribution is 0.479.